The number of nitrogens with one attached hydrogen (secondary N) is 1. The number of carbonyl (C=O) groups excluding carboxylic acids is 1. The third kappa shape index (κ3) is 2.99. The van der Waals surface area contributed by atoms with Crippen molar-refractivity contribution in [3.05, 3.63) is 59.9 Å². The SMILES string of the molecule is CCC(C)C1=C(C(=O)Nc2ccccn2)N(C)S(=O)(=O)c2ccccc21. The van der Waals surface area contributed by atoms with E-state index in [1.807, 2.05) is 13.8 Å². The monoisotopic (exact) mass is 371 g/mol. The molecule has 0 spiro atoms. The number of amides is 1. The number of sulfonamides is 1. The van der Waals surface area contributed by atoms with E-state index in [1.165, 1.54) is 7.05 Å². The fourth-order valence-corrected chi connectivity index (χ4v) is 4.48. The molecule has 6 nitrogen and oxygen atoms in total. The maximum Gasteiger partial charge on any atom is 0.274 e. The number of pyridine rings is 1. The van der Waals surface area contributed by atoms with Gasteiger partial charge in [0.1, 0.15) is 11.5 Å². The first-order chi connectivity index (χ1) is 12.4. The van der Waals surface area contributed by atoms with E-state index in [1.54, 1.807) is 48.7 Å². The van der Waals surface area contributed by atoms with Gasteiger partial charge in [-0.1, -0.05) is 38.1 Å². The second-order valence-electron chi connectivity index (χ2n) is 6.21. The highest BCUT2D eigenvalue weighted by Crippen LogP contribution is 2.40. The van der Waals surface area contributed by atoms with Gasteiger partial charge in [-0.05, 0) is 36.1 Å². The first kappa shape index (κ1) is 18.1. The molecule has 0 radical (unpaired) electrons. The quantitative estimate of drug-likeness (QED) is 0.896. The molecule has 1 aromatic heterocycles. The Kier molecular flexibility index (Phi) is 4.82. The molecule has 2 heterocycles. The minimum Gasteiger partial charge on any atom is -0.305 e. The number of likely N-dealkylation sites (N-methyl/N-ethyl adjacent to an activating group) is 1. The van der Waals surface area contributed by atoms with E-state index in [2.05, 4.69) is 10.3 Å². The summed E-state index contributed by atoms with van der Waals surface area (Å²) >= 11 is 0. The number of anilines is 1. The number of carbonyl (C=O) groups is 1. The van der Waals surface area contributed by atoms with Gasteiger partial charge in [0, 0.05) is 18.8 Å². The topological polar surface area (TPSA) is 79.4 Å². The summed E-state index contributed by atoms with van der Waals surface area (Å²) < 4.78 is 26.9. The molecule has 1 aliphatic heterocycles. The Morgan fingerprint density at radius 3 is 2.54 bits per heavy atom. The molecule has 0 saturated carbocycles. The average Bonchev–Trinajstić information content (AvgIpc) is 2.65. The van der Waals surface area contributed by atoms with Crippen LogP contribution in [0.1, 0.15) is 25.8 Å². The molecule has 0 fully saturated rings. The van der Waals surface area contributed by atoms with Gasteiger partial charge < -0.3 is 5.32 Å². The van der Waals surface area contributed by atoms with Crippen molar-refractivity contribution >= 4 is 27.3 Å². The van der Waals surface area contributed by atoms with Crippen molar-refractivity contribution in [2.24, 2.45) is 5.92 Å². The Balaban J connectivity index is 2.20. The Morgan fingerprint density at radius 1 is 1.19 bits per heavy atom. The van der Waals surface area contributed by atoms with Crippen LogP contribution in [0.25, 0.3) is 5.57 Å². The third-order valence-electron chi connectivity index (χ3n) is 4.61. The van der Waals surface area contributed by atoms with Gasteiger partial charge in [0.2, 0.25) is 0 Å². The normalized spacial score (nSPS) is 16.8. The van der Waals surface area contributed by atoms with Crippen LogP contribution in [-0.2, 0) is 14.8 Å². The maximum atomic E-state index is 13.0. The van der Waals surface area contributed by atoms with Crippen molar-refractivity contribution in [1.82, 2.24) is 9.29 Å². The molecule has 1 amide bonds. The third-order valence-corrected chi connectivity index (χ3v) is 6.43. The van der Waals surface area contributed by atoms with Crippen LogP contribution in [-0.4, -0.2) is 30.7 Å². The number of hydrogen-bond donors (Lipinski definition) is 1. The van der Waals surface area contributed by atoms with Crippen LogP contribution in [0.3, 0.4) is 0 Å². The number of hydrogen-bond acceptors (Lipinski definition) is 4. The molecule has 1 aromatic carbocycles. The number of rotatable bonds is 4. The van der Waals surface area contributed by atoms with E-state index in [4.69, 9.17) is 0 Å². The van der Waals surface area contributed by atoms with Crippen molar-refractivity contribution < 1.29 is 13.2 Å². The van der Waals surface area contributed by atoms with E-state index in [9.17, 15) is 13.2 Å². The van der Waals surface area contributed by atoms with Crippen molar-refractivity contribution in [2.45, 2.75) is 25.2 Å². The molecule has 2 aromatic rings. The Hall–Kier alpha value is -2.67. The van der Waals surface area contributed by atoms with Crippen LogP contribution in [0.5, 0.6) is 0 Å². The molecular formula is C19H21N3O3S. The van der Waals surface area contributed by atoms with Gasteiger partial charge in [0.25, 0.3) is 15.9 Å². The van der Waals surface area contributed by atoms with E-state index in [-0.39, 0.29) is 16.5 Å². The fourth-order valence-electron chi connectivity index (χ4n) is 3.06. The summed E-state index contributed by atoms with van der Waals surface area (Å²) in [6, 6.07) is 12.0. The van der Waals surface area contributed by atoms with Gasteiger partial charge >= 0.3 is 0 Å². The lowest BCUT2D eigenvalue weighted by molar-refractivity contribution is -0.113. The zero-order valence-electron chi connectivity index (χ0n) is 14.9. The molecule has 1 N–H and O–H groups in total. The smallest absolute Gasteiger partial charge is 0.274 e. The van der Waals surface area contributed by atoms with Crippen LogP contribution in [0.2, 0.25) is 0 Å². The lowest BCUT2D eigenvalue weighted by atomic mass is 9.89. The van der Waals surface area contributed by atoms with Gasteiger partial charge in [-0.15, -0.1) is 0 Å². The summed E-state index contributed by atoms with van der Waals surface area (Å²) in [6.45, 7) is 4.00. The van der Waals surface area contributed by atoms with Crippen LogP contribution >= 0.6 is 0 Å². The highest BCUT2D eigenvalue weighted by atomic mass is 32.2. The Labute approximate surface area is 153 Å². The summed E-state index contributed by atoms with van der Waals surface area (Å²) in [5.41, 5.74) is 1.46. The summed E-state index contributed by atoms with van der Waals surface area (Å²) in [6.07, 6.45) is 2.34. The van der Waals surface area contributed by atoms with Gasteiger partial charge in [-0.3, -0.25) is 9.10 Å². The fraction of sp³-hybridized carbons (Fsp3) is 0.263. The molecule has 3 rings (SSSR count). The standard InChI is InChI=1S/C19H21N3O3S/c1-4-13(2)17-14-9-5-6-10-15(14)26(24,25)22(3)18(17)19(23)21-16-11-7-8-12-20-16/h5-13H,4H2,1-3H3,(H,20,21,23). The molecule has 136 valence electrons. The molecular weight excluding hydrogens is 350 g/mol. The Morgan fingerprint density at radius 2 is 1.88 bits per heavy atom. The van der Waals surface area contributed by atoms with Crippen molar-refractivity contribution in [2.75, 3.05) is 12.4 Å². The Bertz CT molecular complexity index is 969. The second-order valence-corrected chi connectivity index (χ2v) is 8.15. The number of benzene rings is 1. The van der Waals surface area contributed by atoms with Gasteiger partial charge in [-0.2, -0.15) is 0 Å². The zero-order chi connectivity index (χ0) is 18.9. The first-order valence-electron chi connectivity index (χ1n) is 8.42. The van der Waals surface area contributed by atoms with Gasteiger partial charge in [0.05, 0.1) is 4.90 Å². The van der Waals surface area contributed by atoms with Crippen molar-refractivity contribution in [3.63, 3.8) is 0 Å². The lowest BCUT2D eigenvalue weighted by Gasteiger charge is -2.33. The van der Waals surface area contributed by atoms with Gasteiger partial charge in [0.15, 0.2) is 0 Å². The van der Waals surface area contributed by atoms with Crippen LogP contribution in [0.15, 0.2) is 59.3 Å². The van der Waals surface area contributed by atoms with Crippen molar-refractivity contribution in [3.8, 4) is 0 Å². The molecule has 0 aliphatic carbocycles. The first-order valence-corrected chi connectivity index (χ1v) is 9.86. The lowest BCUT2D eigenvalue weighted by Crippen LogP contribution is -2.38. The highest BCUT2D eigenvalue weighted by Gasteiger charge is 2.38. The van der Waals surface area contributed by atoms with Crippen LogP contribution < -0.4 is 5.32 Å². The largest absolute Gasteiger partial charge is 0.305 e. The summed E-state index contributed by atoms with van der Waals surface area (Å²) in [7, 11) is -2.37. The van der Waals surface area contributed by atoms with E-state index in [0.29, 0.717) is 11.4 Å². The minimum atomic E-state index is -3.79. The number of aromatic nitrogens is 1. The predicted molar refractivity (Wildman–Crippen MR) is 101 cm³/mol. The zero-order valence-corrected chi connectivity index (χ0v) is 15.7. The molecule has 1 aliphatic rings. The maximum absolute atomic E-state index is 13.0. The number of fused-ring (bicyclic) bond motifs is 1. The van der Waals surface area contributed by atoms with Crippen molar-refractivity contribution in [1.29, 1.82) is 0 Å². The molecule has 1 atom stereocenters. The second kappa shape index (κ2) is 6.92. The number of allylic oxidation sites excluding steroid dienone is 1. The average molecular weight is 371 g/mol. The van der Waals surface area contributed by atoms with E-state index in [0.717, 1.165) is 16.3 Å². The summed E-state index contributed by atoms with van der Waals surface area (Å²) in [5.74, 6) is -0.101. The number of nitrogens with zero attached hydrogens (tertiary/aromatic N) is 2. The predicted octanol–water partition coefficient (Wildman–Crippen LogP) is 3.11. The molecule has 26 heavy (non-hydrogen) atoms. The van der Waals surface area contributed by atoms with Crippen LogP contribution in [0, 0.1) is 5.92 Å². The highest BCUT2D eigenvalue weighted by molar-refractivity contribution is 7.89. The minimum absolute atomic E-state index is 0.0126. The molecule has 0 bridgehead atoms. The van der Waals surface area contributed by atoms with E-state index < -0.39 is 15.9 Å². The molecule has 0 saturated heterocycles. The van der Waals surface area contributed by atoms with E-state index >= 15 is 0 Å². The van der Waals surface area contributed by atoms with Crippen LogP contribution in [0.4, 0.5) is 5.82 Å². The summed E-state index contributed by atoms with van der Waals surface area (Å²) in [4.78, 5) is 17.3. The molecule has 7 heteroatoms. The molecule has 1 unspecified atom stereocenters. The van der Waals surface area contributed by atoms with Gasteiger partial charge in [-0.25, -0.2) is 13.4 Å². The summed E-state index contributed by atoms with van der Waals surface area (Å²) in [5, 5.41) is 2.71.